The van der Waals surface area contributed by atoms with Crippen LogP contribution in [0.5, 0.6) is 0 Å². The van der Waals surface area contributed by atoms with Crippen LogP contribution in [0.25, 0.3) is 16.9 Å². The van der Waals surface area contributed by atoms with Gasteiger partial charge in [0.1, 0.15) is 0 Å². The summed E-state index contributed by atoms with van der Waals surface area (Å²) in [5.74, 6) is 0.0170. The third-order valence-corrected chi connectivity index (χ3v) is 6.28. The van der Waals surface area contributed by atoms with Crippen molar-refractivity contribution < 1.29 is 4.79 Å². The standard InChI is InChI=1S/C23H18BrClN4OS/c1-14-21(15(2)30)11-19(27-14)12-26-28-23-29(20-9-7-18(25)8-10-20)22(13-31-23)16-3-5-17(24)6-4-16/h3-13,27H,1-2H3/b26-12+,28-23+. The summed E-state index contributed by atoms with van der Waals surface area (Å²) in [6.45, 7) is 3.41. The predicted molar refractivity (Wildman–Crippen MR) is 130 cm³/mol. The number of hydrogen-bond donors (Lipinski definition) is 1. The Morgan fingerprint density at radius 1 is 1.16 bits per heavy atom. The molecule has 0 saturated carbocycles. The Bertz CT molecular complexity index is 1330. The second-order valence-corrected chi connectivity index (χ2v) is 9.08. The number of Topliss-reactive ketones (excluding diaryl/α,β-unsaturated/α-hetero) is 1. The molecule has 2 aromatic carbocycles. The predicted octanol–water partition coefficient (Wildman–Crippen LogP) is 6.40. The van der Waals surface area contributed by atoms with Crippen LogP contribution in [0.15, 0.2) is 74.7 Å². The maximum Gasteiger partial charge on any atom is 0.215 e. The van der Waals surface area contributed by atoms with Gasteiger partial charge in [0, 0.05) is 31.8 Å². The molecule has 0 aliphatic rings. The minimum Gasteiger partial charge on any atom is -0.357 e. The molecule has 31 heavy (non-hydrogen) atoms. The summed E-state index contributed by atoms with van der Waals surface area (Å²) in [5, 5.41) is 11.4. The van der Waals surface area contributed by atoms with Crippen molar-refractivity contribution in [3.05, 3.63) is 91.2 Å². The van der Waals surface area contributed by atoms with Gasteiger partial charge in [0.25, 0.3) is 0 Å². The highest BCUT2D eigenvalue weighted by Gasteiger charge is 2.11. The van der Waals surface area contributed by atoms with E-state index in [1.165, 1.54) is 11.3 Å². The first kappa shape index (κ1) is 21.5. The third-order valence-electron chi connectivity index (χ3n) is 4.69. The monoisotopic (exact) mass is 512 g/mol. The van der Waals surface area contributed by atoms with Gasteiger partial charge in [-0.3, -0.25) is 9.36 Å². The highest BCUT2D eigenvalue weighted by atomic mass is 79.9. The number of H-pyrrole nitrogens is 1. The maximum absolute atomic E-state index is 11.7. The van der Waals surface area contributed by atoms with Crippen LogP contribution in [0.2, 0.25) is 5.02 Å². The number of rotatable bonds is 5. The van der Waals surface area contributed by atoms with Gasteiger partial charge in [-0.05, 0) is 61.9 Å². The van der Waals surface area contributed by atoms with Crippen molar-refractivity contribution in [1.82, 2.24) is 9.55 Å². The highest BCUT2D eigenvalue weighted by molar-refractivity contribution is 9.10. The number of carbonyl (C=O) groups is 1. The number of nitrogens with zero attached hydrogens (tertiary/aromatic N) is 3. The number of nitrogens with one attached hydrogen (secondary N) is 1. The summed E-state index contributed by atoms with van der Waals surface area (Å²) in [4.78, 5) is 15.5. The molecule has 0 unspecified atom stereocenters. The van der Waals surface area contributed by atoms with E-state index in [-0.39, 0.29) is 5.78 Å². The summed E-state index contributed by atoms with van der Waals surface area (Å²) < 4.78 is 3.06. The van der Waals surface area contributed by atoms with Gasteiger partial charge in [0.2, 0.25) is 4.80 Å². The van der Waals surface area contributed by atoms with Gasteiger partial charge in [-0.2, -0.15) is 5.10 Å². The summed E-state index contributed by atoms with van der Waals surface area (Å²) in [6, 6.07) is 17.5. The topological polar surface area (TPSA) is 62.5 Å². The average Bonchev–Trinajstić information content (AvgIpc) is 3.33. The molecule has 156 valence electrons. The Morgan fingerprint density at radius 3 is 2.52 bits per heavy atom. The minimum atomic E-state index is 0.0170. The maximum atomic E-state index is 11.7. The molecule has 2 aromatic heterocycles. The van der Waals surface area contributed by atoms with Crippen molar-refractivity contribution in [2.75, 3.05) is 0 Å². The first-order valence-electron chi connectivity index (χ1n) is 9.42. The van der Waals surface area contributed by atoms with Gasteiger partial charge < -0.3 is 4.98 Å². The Kier molecular flexibility index (Phi) is 6.36. The molecular formula is C23H18BrClN4OS. The molecule has 4 rings (SSSR count). The summed E-state index contributed by atoms with van der Waals surface area (Å²) in [7, 11) is 0. The van der Waals surface area contributed by atoms with Crippen LogP contribution in [0.1, 0.15) is 28.7 Å². The highest BCUT2D eigenvalue weighted by Crippen LogP contribution is 2.25. The Hall–Kier alpha value is -2.74. The molecule has 0 fully saturated rings. The number of thiazole rings is 1. The van der Waals surface area contributed by atoms with E-state index in [0.29, 0.717) is 15.4 Å². The van der Waals surface area contributed by atoms with E-state index in [4.69, 9.17) is 11.6 Å². The molecule has 2 heterocycles. The zero-order valence-corrected chi connectivity index (χ0v) is 19.9. The van der Waals surface area contributed by atoms with E-state index in [1.54, 1.807) is 19.2 Å². The largest absolute Gasteiger partial charge is 0.357 e. The van der Waals surface area contributed by atoms with Crippen LogP contribution in [-0.2, 0) is 0 Å². The summed E-state index contributed by atoms with van der Waals surface area (Å²) in [6.07, 6.45) is 1.62. The molecule has 0 spiro atoms. The summed E-state index contributed by atoms with van der Waals surface area (Å²) >= 11 is 11.1. The van der Waals surface area contributed by atoms with E-state index < -0.39 is 0 Å². The molecular weight excluding hydrogens is 496 g/mol. The van der Waals surface area contributed by atoms with Crippen molar-refractivity contribution in [1.29, 1.82) is 0 Å². The lowest BCUT2D eigenvalue weighted by Gasteiger charge is -2.09. The second kappa shape index (κ2) is 9.18. The second-order valence-electron chi connectivity index (χ2n) is 6.89. The van der Waals surface area contributed by atoms with Crippen LogP contribution >= 0.6 is 38.9 Å². The summed E-state index contributed by atoms with van der Waals surface area (Å²) in [5.41, 5.74) is 5.21. The van der Waals surface area contributed by atoms with E-state index in [1.807, 2.05) is 47.9 Å². The van der Waals surface area contributed by atoms with Gasteiger partial charge in [0.15, 0.2) is 5.78 Å². The van der Waals surface area contributed by atoms with Gasteiger partial charge in [-0.1, -0.05) is 39.7 Å². The van der Waals surface area contributed by atoms with E-state index in [0.717, 1.165) is 32.8 Å². The van der Waals surface area contributed by atoms with Crippen molar-refractivity contribution in [3.63, 3.8) is 0 Å². The fourth-order valence-corrected chi connectivity index (χ4v) is 4.45. The van der Waals surface area contributed by atoms with Crippen molar-refractivity contribution in [3.8, 4) is 16.9 Å². The molecule has 0 atom stereocenters. The van der Waals surface area contributed by atoms with Gasteiger partial charge in [-0.15, -0.1) is 16.4 Å². The quantitative estimate of drug-likeness (QED) is 0.187. The van der Waals surface area contributed by atoms with Crippen LogP contribution in [0, 0.1) is 6.92 Å². The van der Waals surface area contributed by atoms with Gasteiger partial charge in [-0.25, -0.2) is 0 Å². The van der Waals surface area contributed by atoms with Crippen LogP contribution in [0.4, 0.5) is 0 Å². The number of hydrogen-bond acceptors (Lipinski definition) is 4. The van der Waals surface area contributed by atoms with Gasteiger partial charge >= 0.3 is 0 Å². The molecule has 0 bridgehead atoms. The number of aryl methyl sites for hydroxylation is 1. The molecule has 0 aliphatic carbocycles. The van der Waals surface area contributed by atoms with E-state index >= 15 is 0 Å². The average molecular weight is 514 g/mol. The van der Waals surface area contributed by atoms with Gasteiger partial charge in [0.05, 0.1) is 17.6 Å². The normalized spacial score (nSPS) is 12.1. The fraction of sp³-hybridized carbons (Fsp3) is 0.0870. The van der Waals surface area contributed by atoms with Crippen LogP contribution in [0.3, 0.4) is 0 Å². The molecule has 0 radical (unpaired) electrons. The number of benzene rings is 2. The first-order chi connectivity index (χ1) is 14.9. The molecule has 4 aromatic rings. The lowest BCUT2D eigenvalue weighted by molar-refractivity contribution is 0.101. The lowest BCUT2D eigenvalue weighted by Crippen LogP contribution is -2.13. The number of carbonyl (C=O) groups excluding carboxylic acids is 1. The number of ketones is 1. The van der Waals surface area contributed by atoms with Crippen molar-refractivity contribution in [2.24, 2.45) is 10.2 Å². The molecule has 0 amide bonds. The van der Waals surface area contributed by atoms with E-state index in [9.17, 15) is 4.79 Å². The number of aromatic amines is 1. The smallest absolute Gasteiger partial charge is 0.215 e. The Balaban J connectivity index is 1.78. The molecule has 0 saturated heterocycles. The SMILES string of the molecule is CC(=O)c1cc(/C=N/N=c2/scc(-c3ccc(Br)cc3)n2-c2ccc(Cl)cc2)[nH]c1C. The Labute approximate surface area is 196 Å². The van der Waals surface area contributed by atoms with Crippen LogP contribution in [-0.4, -0.2) is 21.5 Å². The minimum absolute atomic E-state index is 0.0170. The third kappa shape index (κ3) is 4.79. The molecule has 5 nitrogen and oxygen atoms in total. The van der Waals surface area contributed by atoms with E-state index in [2.05, 4.69) is 48.6 Å². The Morgan fingerprint density at radius 2 is 1.87 bits per heavy atom. The fourth-order valence-electron chi connectivity index (χ4n) is 3.20. The molecule has 0 aliphatic heterocycles. The molecule has 1 N–H and O–H groups in total. The number of halogens is 2. The lowest BCUT2D eigenvalue weighted by atomic mass is 10.1. The van der Waals surface area contributed by atoms with Crippen molar-refractivity contribution in [2.45, 2.75) is 13.8 Å². The first-order valence-corrected chi connectivity index (χ1v) is 11.5. The molecule has 8 heteroatoms. The van der Waals surface area contributed by atoms with Crippen molar-refractivity contribution >= 4 is 50.9 Å². The van der Waals surface area contributed by atoms with Crippen LogP contribution < -0.4 is 4.80 Å². The number of aromatic nitrogens is 2. The zero-order chi connectivity index (χ0) is 22.0. The zero-order valence-electron chi connectivity index (χ0n) is 16.8.